The average Bonchev–Trinajstić information content (AvgIpc) is 2.16. The maximum absolute atomic E-state index is 12.1. The second-order valence-corrected chi connectivity index (χ2v) is 3.80. The van der Waals surface area contributed by atoms with Crippen LogP contribution in [0.15, 0.2) is 0 Å². The zero-order chi connectivity index (χ0) is 12.2. The first-order valence-corrected chi connectivity index (χ1v) is 5.14. The van der Waals surface area contributed by atoms with Crippen LogP contribution in [0, 0.1) is 0 Å². The van der Waals surface area contributed by atoms with E-state index in [1.165, 1.54) is 4.90 Å². The SMILES string of the molecule is CNCC(=O)N1CCN(CC(F)(F)F)CC1.Cl.Cl. The first-order chi connectivity index (χ1) is 7.42. The minimum absolute atomic E-state index is 0. The summed E-state index contributed by atoms with van der Waals surface area (Å²) in [4.78, 5) is 14.3. The number of nitrogens with one attached hydrogen (secondary N) is 1. The molecule has 1 heterocycles. The van der Waals surface area contributed by atoms with Gasteiger partial charge in [-0.1, -0.05) is 0 Å². The smallest absolute Gasteiger partial charge is 0.339 e. The second kappa shape index (κ2) is 8.79. The standard InChI is InChI=1S/C9H16F3N3O.2ClH/c1-13-6-8(16)15-4-2-14(3-5-15)7-9(10,11)12;;/h13H,2-7H2,1H3;2*1H. The molecular weight excluding hydrogens is 294 g/mol. The van der Waals surface area contributed by atoms with E-state index in [1.54, 1.807) is 11.9 Å². The molecule has 0 saturated carbocycles. The van der Waals surface area contributed by atoms with Gasteiger partial charge in [0.15, 0.2) is 0 Å². The molecule has 1 aliphatic heterocycles. The molecule has 110 valence electrons. The molecule has 0 aromatic carbocycles. The number of amides is 1. The van der Waals surface area contributed by atoms with Crippen LogP contribution in [0.4, 0.5) is 13.2 Å². The molecule has 9 heteroatoms. The molecule has 1 fully saturated rings. The molecule has 0 aromatic heterocycles. The quantitative estimate of drug-likeness (QED) is 0.836. The van der Waals surface area contributed by atoms with Crippen LogP contribution in [0.25, 0.3) is 0 Å². The van der Waals surface area contributed by atoms with Gasteiger partial charge in [0.05, 0.1) is 13.1 Å². The van der Waals surface area contributed by atoms with Crippen molar-refractivity contribution in [3.63, 3.8) is 0 Å². The Hall–Kier alpha value is -0.240. The summed E-state index contributed by atoms with van der Waals surface area (Å²) in [5, 5.41) is 2.73. The van der Waals surface area contributed by atoms with E-state index >= 15 is 0 Å². The highest BCUT2D eigenvalue weighted by atomic mass is 35.5. The summed E-state index contributed by atoms with van der Waals surface area (Å²) < 4.78 is 36.3. The van der Waals surface area contributed by atoms with E-state index in [9.17, 15) is 18.0 Å². The van der Waals surface area contributed by atoms with Crippen molar-refractivity contribution in [2.45, 2.75) is 6.18 Å². The van der Waals surface area contributed by atoms with Gasteiger partial charge in [0, 0.05) is 26.2 Å². The van der Waals surface area contributed by atoms with Crippen molar-refractivity contribution >= 4 is 30.7 Å². The Morgan fingerprint density at radius 2 is 1.67 bits per heavy atom. The van der Waals surface area contributed by atoms with Crippen molar-refractivity contribution in [3.05, 3.63) is 0 Å². The number of carbonyl (C=O) groups excluding carboxylic acids is 1. The predicted molar refractivity (Wildman–Crippen MR) is 67.5 cm³/mol. The summed E-state index contributed by atoms with van der Waals surface area (Å²) in [6.45, 7) is 0.664. The van der Waals surface area contributed by atoms with E-state index in [0.717, 1.165) is 0 Å². The minimum Gasteiger partial charge on any atom is -0.339 e. The van der Waals surface area contributed by atoms with Crippen molar-refractivity contribution in [2.75, 3.05) is 46.3 Å². The van der Waals surface area contributed by atoms with Crippen LogP contribution in [0.3, 0.4) is 0 Å². The number of piperazine rings is 1. The van der Waals surface area contributed by atoms with Crippen LogP contribution in [0.1, 0.15) is 0 Å². The molecule has 0 aliphatic carbocycles. The van der Waals surface area contributed by atoms with Gasteiger partial charge in [-0.05, 0) is 7.05 Å². The number of hydrogen-bond acceptors (Lipinski definition) is 3. The van der Waals surface area contributed by atoms with E-state index in [-0.39, 0.29) is 50.4 Å². The number of halogens is 5. The first kappa shape index (κ1) is 20.1. The molecule has 1 N–H and O–H groups in total. The molecule has 1 amide bonds. The van der Waals surface area contributed by atoms with E-state index in [0.29, 0.717) is 13.1 Å². The molecule has 18 heavy (non-hydrogen) atoms. The summed E-state index contributed by atoms with van der Waals surface area (Å²) in [6.07, 6.45) is -4.16. The minimum atomic E-state index is -4.16. The van der Waals surface area contributed by atoms with Crippen molar-refractivity contribution in [2.24, 2.45) is 0 Å². The van der Waals surface area contributed by atoms with E-state index in [1.807, 2.05) is 0 Å². The third-order valence-corrected chi connectivity index (χ3v) is 2.46. The number of carbonyl (C=O) groups is 1. The second-order valence-electron chi connectivity index (χ2n) is 3.80. The van der Waals surface area contributed by atoms with Crippen LogP contribution < -0.4 is 5.32 Å². The summed E-state index contributed by atoms with van der Waals surface area (Å²) in [5.41, 5.74) is 0. The molecule has 0 spiro atoms. The third-order valence-electron chi connectivity index (χ3n) is 2.46. The zero-order valence-corrected chi connectivity index (χ0v) is 11.6. The third kappa shape index (κ3) is 7.25. The molecule has 1 saturated heterocycles. The van der Waals surface area contributed by atoms with Gasteiger partial charge in [-0.3, -0.25) is 9.69 Å². The lowest BCUT2D eigenvalue weighted by Crippen LogP contribution is -2.52. The molecule has 1 aliphatic rings. The Morgan fingerprint density at radius 3 is 2.06 bits per heavy atom. The lowest BCUT2D eigenvalue weighted by Gasteiger charge is -2.34. The molecular formula is C9H18Cl2F3N3O. The van der Waals surface area contributed by atoms with E-state index in [4.69, 9.17) is 0 Å². The summed E-state index contributed by atoms with van der Waals surface area (Å²) in [7, 11) is 1.66. The Bertz CT molecular complexity index is 246. The van der Waals surface area contributed by atoms with Crippen molar-refractivity contribution in [3.8, 4) is 0 Å². The number of rotatable bonds is 3. The number of hydrogen-bond donors (Lipinski definition) is 1. The van der Waals surface area contributed by atoms with Gasteiger partial charge in [-0.2, -0.15) is 13.2 Å². The van der Waals surface area contributed by atoms with Gasteiger partial charge < -0.3 is 10.2 Å². The van der Waals surface area contributed by atoms with Gasteiger partial charge in [0.2, 0.25) is 5.91 Å². The Kier molecular flexibility index (Phi) is 9.81. The Labute approximate surface area is 117 Å². The highest BCUT2D eigenvalue weighted by molar-refractivity contribution is 5.85. The van der Waals surface area contributed by atoms with Crippen molar-refractivity contribution in [1.29, 1.82) is 0 Å². The Balaban J connectivity index is 0. The fourth-order valence-corrected chi connectivity index (χ4v) is 1.67. The van der Waals surface area contributed by atoms with Crippen molar-refractivity contribution < 1.29 is 18.0 Å². The molecule has 0 bridgehead atoms. The Morgan fingerprint density at radius 1 is 1.17 bits per heavy atom. The van der Waals surface area contributed by atoms with Crippen LogP contribution in [0.2, 0.25) is 0 Å². The van der Waals surface area contributed by atoms with E-state index < -0.39 is 12.7 Å². The number of nitrogens with zero attached hydrogens (tertiary/aromatic N) is 2. The summed E-state index contributed by atoms with van der Waals surface area (Å²) in [5.74, 6) is -0.0610. The van der Waals surface area contributed by atoms with Gasteiger partial charge >= 0.3 is 6.18 Å². The fourth-order valence-electron chi connectivity index (χ4n) is 1.67. The molecule has 0 atom stereocenters. The van der Waals surface area contributed by atoms with Gasteiger partial charge in [0.25, 0.3) is 0 Å². The molecule has 0 radical (unpaired) electrons. The normalized spacial score (nSPS) is 16.8. The fraction of sp³-hybridized carbons (Fsp3) is 0.889. The number of likely N-dealkylation sites (N-methyl/N-ethyl adjacent to an activating group) is 1. The van der Waals surface area contributed by atoms with Crippen LogP contribution >= 0.6 is 24.8 Å². The first-order valence-electron chi connectivity index (χ1n) is 5.14. The van der Waals surface area contributed by atoms with Gasteiger partial charge in [-0.15, -0.1) is 24.8 Å². The monoisotopic (exact) mass is 311 g/mol. The molecule has 4 nitrogen and oxygen atoms in total. The highest BCUT2D eigenvalue weighted by Gasteiger charge is 2.32. The summed E-state index contributed by atoms with van der Waals surface area (Å²) in [6, 6.07) is 0. The molecule has 0 unspecified atom stereocenters. The van der Waals surface area contributed by atoms with Crippen molar-refractivity contribution in [1.82, 2.24) is 15.1 Å². The lowest BCUT2D eigenvalue weighted by molar-refractivity contribution is -0.151. The van der Waals surface area contributed by atoms with Gasteiger partial charge in [-0.25, -0.2) is 0 Å². The molecule has 0 aromatic rings. The molecule has 1 rings (SSSR count). The van der Waals surface area contributed by atoms with Crippen LogP contribution in [-0.2, 0) is 4.79 Å². The maximum Gasteiger partial charge on any atom is 0.401 e. The topological polar surface area (TPSA) is 35.6 Å². The maximum atomic E-state index is 12.1. The largest absolute Gasteiger partial charge is 0.401 e. The summed E-state index contributed by atoms with van der Waals surface area (Å²) >= 11 is 0. The lowest BCUT2D eigenvalue weighted by atomic mass is 10.3. The average molecular weight is 312 g/mol. The van der Waals surface area contributed by atoms with E-state index in [2.05, 4.69) is 5.32 Å². The number of alkyl halides is 3. The predicted octanol–water partition coefficient (Wildman–Crippen LogP) is 0.756. The van der Waals surface area contributed by atoms with Crippen LogP contribution in [0.5, 0.6) is 0 Å². The van der Waals surface area contributed by atoms with Crippen LogP contribution in [-0.4, -0.2) is 68.2 Å². The van der Waals surface area contributed by atoms with Gasteiger partial charge in [0.1, 0.15) is 0 Å². The highest BCUT2D eigenvalue weighted by Crippen LogP contribution is 2.17. The zero-order valence-electron chi connectivity index (χ0n) is 10.00.